The number of aliphatic carboxylic acids is 1. The maximum atomic E-state index is 12.4. The first-order valence-corrected chi connectivity index (χ1v) is 15.3. The molecule has 216 valence electrons. The van der Waals surface area contributed by atoms with Crippen LogP contribution >= 0.6 is 0 Å². The van der Waals surface area contributed by atoms with E-state index < -0.39 is 5.97 Å². The summed E-state index contributed by atoms with van der Waals surface area (Å²) in [5.74, 6) is -1.33. The quantitative estimate of drug-likeness (QED) is 0.0642. The molecule has 6 heteroatoms. The SMILES string of the molecule is CCCCCCCCC/C=C\C(CCCCCCC(=O)NCC(=O)O)OC(=O)CCCCCCCCC. The Morgan fingerprint density at radius 3 is 1.81 bits per heavy atom. The maximum absolute atomic E-state index is 12.4. The van der Waals surface area contributed by atoms with Crippen LogP contribution in [0.15, 0.2) is 12.2 Å². The number of carboxylic acids is 1. The number of unbranched alkanes of at least 4 members (excludes halogenated alkanes) is 16. The molecule has 0 fully saturated rings. The lowest BCUT2D eigenvalue weighted by atomic mass is 10.1. The van der Waals surface area contributed by atoms with Gasteiger partial charge in [0.15, 0.2) is 0 Å². The molecule has 1 unspecified atom stereocenters. The topological polar surface area (TPSA) is 92.7 Å². The van der Waals surface area contributed by atoms with Gasteiger partial charge in [0.1, 0.15) is 12.6 Å². The van der Waals surface area contributed by atoms with Gasteiger partial charge in [-0.3, -0.25) is 14.4 Å². The average Bonchev–Trinajstić information content (AvgIpc) is 2.87. The molecule has 0 aromatic rings. The second-order valence-corrected chi connectivity index (χ2v) is 10.4. The summed E-state index contributed by atoms with van der Waals surface area (Å²) in [6, 6.07) is 0. The summed E-state index contributed by atoms with van der Waals surface area (Å²) in [7, 11) is 0. The van der Waals surface area contributed by atoms with Crippen molar-refractivity contribution in [3.63, 3.8) is 0 Å². The molecule has 0 heterocycles. The van der Waals surface area contributed by atoms with E-state index in [0.717, 1.165) is 51.4 Å². The third-order valence-corrected chi connectivity index (χ3v) is 6.67. The Morgan fingerprint density at radius 2 is 1.22 bits per heavy atom. The van der Waals surface area contributed by atoms with Crippen molar-refractivity contribution in [1.29, 1.82) is 0 Å². The van der Waals surface area contributed by atoms with Crippen LogP contribution in [0.25, 0.3) is 0 Å². The number of carbonyl (C=O) groups is 3. The lowest BCUT2D eigenvalue weighted by Gasteiger charge is -2.15. The molecule has 0 bridgehead atoms. The molecule has 0 aliphatic rings. The second-order valence-electron chi connectivity index (χ2n) is 10.4. The second kappa shape index (κ2) is 27.2. The van der Waals surface area contributed by atoms with Gasteiger partial charge in [0, 0.05) is 12.8 Å². The number of allylic oxidation sites excluding steroid dienone is 1. The predicted octanol–water partition coefficient (Wildman–Crippen LogP) is 8.28. The molecule has 1 atom stereocenters. The van der Waals surface area contributed by atoms with Gasteiger partial charge in [-0.1, -0.05) is 110 Å². The average molecular weight is 524 g/mol. The largest absolute Gasteiger partial charge is 0.480 e. The Morgan fingerprint density at radius 1 is 0.703 bits per heavy atom. The van der Waals surface area contributed by atoms with E-state index in [4.69, 9.17) is 9.84 Å². The van der Waals surface area contributed by atoms with Gasteiger partial charge in [0.25, 0.3) is 0 Å². The summed E-state index contributed by atoms with van der Waals surface area (Å²) >= 11 is 0. The van der Waals surface area contributed by atoms with Crippen LogP contribution in [-0.2, 0) is 19.1 Å². The van der Waals surface area contributed by atoms with E-state index in [1.165, 1.54) is 77.0 Å². The van der Waals surface area contributed by atoms with Crippen molar-refractivity contribution < 1.29 is 24.2 Å². The predicted molar refractivity (Wildman–Crippen MR) is 153 cm³/mol. The van der Waals surface area contributed by atoms with Gasteiger partial charge in [0.2, 0.25) is 5.91 Å². The Bertz CT molecular complexity index is 590. The summed E-state index contributed by atoms with van der Waals surface area (Å²) in [5, 5.41) is 11.0. The highest BCUT2D eigenvalue weighted by Crippen LogP contribution is 2.15. The Kier molecular flexibility index (Phi) is 25.8. The van der Waals surface area contributed by atoms with Crippen LogP contribution < -0.4 is 5.32 Å². The Labute approximate surface area is 227 Å². The minimum Gasteiger partial charge on any atom is -0.480 e. The number of esters is 1. The molecule has 6 nitrogen and oxygen atoms in total. The maximum Gasteiger partial charge on any atom is 0.322 e. The number of amides is 1. The molecule has 0 rings (SSSR count). The summed E-state index contributed by atoms with van der Waals surface area (Å²) in [4.78, 5) is 34.5. The van der Waals surface area contributed by atoms with Crippen molar-refractivity contribution >= 4 is 17.8 Å². The molecule has 37 heavy (non-hydrogen) atoms. The van der Waals surface area contributed by atoms with E-state index in [9.17, 15) is 14.4 Å². The van der Waals surface area contributed by atoms with Crippen LogP contribution in [-0.4, -0.2) is 35.6 Å². The molecule has 0 saturated carbocycles. The third kappa shape index (κ3) is 27.0. The van der Waals surface area contributed by atoms with Crippen molar-refractivity contribution in [1.82, 2.24) is 5.32 Å². The first-order chi connectivity index (χ1) is 18.0. The summed E-state index contributed by atoms with van der Waals surface area (Å²) in [6.07, 6.45) is 27.7. The fourth-order valence-corrected chi connectivity index (χ4v) is 4.36. The van der Waals surface area contributed by atoms with E-state index >= 15 is 0 Å². The highest BCUT2D eigenvalue weighted by molar-refractivity contribution is 5.80. The minimum absolute atomic E-state index is 0.0887. The highest BCUT2D eigenvalue weighted by Gasteiger charge is 2.12. The number of nitrogens with one attached hydrogen (secondary N) is 1. The van der Waals surface area contributed by atoms with Crippen LogP contribution in [0.3, 0.4) is 0 Å². The molecular formula is C31H57NO5. The molecule has 0 radical (unpaired) electrons. The number of carboxylic acid groups (broad SMARTS) is 1. The Hall–Kier alpha value is -1.85. The lowest BCUT2D eigenvalue weighted by Crippen LogP contribution is -2.28. The smallest absolute Gasteiger partial charge is 0.322 e. The fourth-order valence-electron chi connectivity index (χ4n) is 4.36. The van der Waals surface area contributed by atoms with Gasteiger partial charge in [-0.15, -0.1) is 0 Å². The fraction of sp³-hybridized carbons (Fsp3) is 0.839. The van der Waals surface area contributed by atoms with Crippen molar-refractivity contribution in [2.75, 3.05) is 6.54 Å². The van der Waals surface area contributed by atoms with E-state index in [1.807, 2.05) is 0 Å². The molecule has 1 amide bonds. The van der Waals surface area contributed by atoms with Gasteiger partial charge in [-0.2, -0.15) is 0 Å². The standard InChI is InChI=1S/C31H57NO5/c1-3-5-7-9-11-12-14-15-19-23-28(37-31(36)26-22-16-13-10-8-6-4-2)24-20-17-18-21-25-29(33)32-27-30(34)35/h19,23,28H,3-18,20-22,24-27H2,1-2H3,(H,32,33)(H,34,35)/b23-19-. The van der Waals surface area contributed by atoms with Gasteiger partial charge in [-0.25, -0.2) is 0 Å². The molecule has 0 spiro atoms. The Balaban J connectivity index is 4.25. The van der Waals surface area contributed by atoms with Crippen molar-refractivity contribution in [2.45, 2.75) is 161 Å². The molecule has 0 aliphatic carbocycles. The first kappa shape index (κ1) is 35.2. The monoisotopic (exact) mass is 523 g/mol. The van der Waals surface area contributed by atoms with Crippen molar-refractivity contribution in [3.8, 4) is 0 Å². The van der Waals surface area contributed by atoms with E-state index in [-0.39, 0.29) is 24.5 Å². The number of ether oxygens (including phenoxy) is 1. The molecular weight excluding hydrogens is 466 g/mol. The van der Waals surface area contributed by atoms with E-state index in [1.54, 1.807) is 0 Å². The summed E-state index contributed by atoms with van der Waals surface area (Å²) in [6.45, 7) is 4.14. The van der Waals surface area contributed by atoms with Gasteiger partial charge >= 0.3 is 11.9 Å². The van der Waals surface area contributed by atoms with Crippen molar-refractivity contribution in [2.24, 2.45) is 0 Å². The normalized spacial score (nSPS) is 12.1. The van der Waals surface area contributed by atoms with Gasteiger partial charge in [0.05, 0.1) is 0 Å². The molecule has 0 saturated heterocycles. The number of rotatable bonds is 27. The molecule has 2 N–H and O–H groups in total. The van der Waals surface area contributed by atoms with E-state index in [2.05, 4.69) is 31.3 Å². The van der Waals surface area contributed by atoms with Crippen LogP contribution in [0.1, 0.15) is 155 Å². The number of carbonyl (C=O) groups excluding carboxylic acids is 2. The van der Waals surface area contributed by atoms with Crippen LogP contribution in [0.5, 0.6) is 0 Å². The molecule has 0 aliphatic heterocycles. The van der Waals surface area contributed by atoms with Crippen LogP contribution in [0.2, 0.25) is 0 Å². The summed E-state index contributed by atoms with van der Waals surface area (Å²) in [5.41, 5.74) is 0. The first-order valence-electron chi connectivity index (χ1n) is 15.3. The molecule has 0 aromatic heterocycles. The zero-order valence-corrected chi connectivity index (χ0v) is 24.1. The summed E-state index contributed by atoms with van der Waals surface area (Å²) < 4.78 is 5.82. The third-order valence-electron chi connectivity index (χ3n) is 6.67. The van der Waals surface area contributed by atoms with Gasteiger partial charge in [-0.05, 0) is 44.6 Å². The molecule has 0 aromatic carbocycles. The van der Waals surface area contributed by atoms with Crippen LogP contribution in [0, 0.1) is 0 Å². The van der Waals surface area contributed by atoms with Crippen molar-refractivity contribution in [3.05, 3.63) is 12.2 Å². The number of hydrogen-bond acceptors (Lipinski definition) is 4. The minimum atomic E-state index is -1.03. The zero-order chi connectivity index (χ0) is 27.4. The zero-order valence-electron chi connectivity index (χ0n) is 24.1. The highest BCUT2D eigenvalue weighted by atomic mass is 16.5. The van der Waals surface area contributed by atoms with Gasteiger partial charge < -0.3 is 15.2 Å². The lowest BCUT2D eigenvalue weighted by molar-refractivity contribution is -0.147. The van der Waals surface area contributed by atoms with Crippen LogP contribution in [0.4, 0.5) is 0 Å². The van der Waals surface area contributed by atoms with E-state index in [0.29, 0.717) is 12.8 Å². The number of hydrogen-bond donors (Lipinski definition) is 2.